The van der Waals surface area contributed by atoms with Gasteiger partial charge in [0, 0.05) is 11.1 Å². The van der Waals surface area contributed by atoms with Crippen molar-refractivity contribution in [2.24, 2.45) is 0 Å². The summed E-state index contributed by atoms with van der Waals surface area (Å²) in [5.74, 6) is -0.506. The molecule has 2 aliphatic heterocycles. The SMILES string of the molecule is C[NH+]1CC2=C(NC(=S)N[C@@H]2c2ccc(F)cc2)/C(=C/c2ccc(F)cc2)C1. The van der Waals surface area contributed by atoms with Crippen LogP contribution in [-0.4, -0.2) is 25.2 Å². The molecule has 2 aromatic carbocycles. The summed E-state index contributed by atoms with van der Waals surface area (Å²) in [6.07, 6.45) is 2.07. The molecule has 2 atom stereocenters. The van der Waals surface area contributed by atoms with Crippen LogP contribution in [0.1, 0.15) is 17.2 Å². The first-order valence-corrected chi connectivity index (χ1v) is 9.24. The Hall–Kier alpha value is -2.57. The summed E-state index contributed by atoms with van der Waals surface area (Å²) in [6, 6.07) is 12.9. The second kappa shape index (κ2) is 7.21. The monoisotopic (exact) mass is 384 g/mol. The highest BCUT2D eigenvalue weighted by atomic mass is 32.1. The number of thiocarbonyl (C=S) groups is 1. The van der Waals surface area contributed by atoms with Crippen LogP contribution in [0.15, 0.2) is 65.4 Å². The topological polar surface area (TPSA) is 28.5 Å². The normalized spacial score (nSPS) is 23.7. The van der Waals surface area contributed by atoms with Crippen LogP contribution in [0.5, 0.6) is 0 Å². The minimum absolute atomic E-state index is 0.0961. The van der Waals surface area contributed by atoms with Gasteiger partial charge in [-0.3, -0.25) is 0 Å². The van der Waals surface area contributed by atoms with Gasteiger partial charge in [0.2, 0.25) is 0 Å². The van der Waals surface area contributed by atoms with Crippen LogP contribution < -0.4 is 15.5 Å². The van der Waals surface area contributed by atoms with Crippen LogP contribution in [0.4, 0.5) is 8.78 Å². The van der Waals surface area contributed by atoms with Crippen LogP contribution in [0, 0.1) is 11.6 Å². The van der Waals surface area contributed by atoms with Crippen molar-refractivity contribution in [3.05, 3.63) is 88.1 Å². The molecule has 0 aliphatic carbocycles. The number of quaternary nitrogens is 1. The van der Waals surface area contributed by atoms with Gasteiger partial charge in [0.1, 0.15) is 24.7 Å². The molecule has 0 spiro atoms. The molecule has 1 unspecified atom stereocenters. The maximum absolute atomic E-state index is 13.3. The summed E-state index contributed by atoms with van der Waals surface area (Å²) < 4.78 is 26.6. The van der Waals surface area contributed by atoms with Crippen molar-refractivity contribution in [3.8, 4) is 0 Å². The van der Waals surface area contributed by atoms with Gasteiger partial charge in [0.05, 0.1) is 18.8 Å². The molecule has 0 aromatic heterocycles. The Bertz CT molecular complexity index is 933. The van der Waals surface area contributed by atoms with Crippen LogP contribution in [0.2, 0.25) is 0 Å². The van der Waals surface area contributed by atoms with Crippen LogP contribution in [-0.2, 0) is 0 Å². The predicted octanol–water partition coefficient (Wildman–Crippen LogP) is 2.35. The number of hydrogen-bond donors (Lipinski definition) is 3. The average molecular weight is 384 g/mol. The van der Waals surface area contributed by atoms with Crippen molar-refractivity contribution in [3.63, 3.8) is 0 Å². The number of hydrogen-bond acceptors (Lipinski definition) is 1. The standard InChI is InChI=1S/C21H19F2N3S/c1-26-11-15(10-13-2-6-16(22)7-3-13)20-18(12-26)19(24-21(27)25-20)14-4-8-17(23)9-5-14/h2-10,19H,11-12H2,1H3,(H2,24,25,27)/p+1/b15-10+/t19-/m1/s1. The van der Waals surface area contributed by atoms with Crippen molar-refractivity contribution in [1.82, 2.24) is 10.6 Å². The average Bonchev–Trinajstić information content (AvgIpc) is 2.64. The first kappa shape index (κ1) is 17.8. The summed E-state index contributed by atoms with van der Waals surface area (Å²) in [5.41, 5.74) is 5.24. The molecule has 3 N–H and O–H groups in total. The highest BCUT2D eigenvalue weighted by molar-refractivity contribution is 7.80. The summed E-state index contributed by atoms with van der Waals surface area (Å²) >= 11 is 5.43. The van der Waals surface area contributed by atoms with Gasteiger partial charge < -0.3 is 15.5 Å². The van der Waals surface area contributed by atoms with E-state index in [2.05, 4.69) is 23.8 Å². The zero-order valence-corrected chi connectivity index (χ0v) is 15.7. The Morgan fingerprint density at radius 3 is 2.30 bits per heavy atom. The van der Waals surface area contributed by atoms with Gasteiger partial charge >= 0.3 is 0 Å². The fourth-order valence-corrected chi connectivity index (χ4v) is 3.91. The van der Waals surface area contributed by atoms with Crippen molar-refractivity contribution < 1.29 is 13.7 Å². The molecule has 138 valence electrons. The second-order valence-electron chi connectivity index (χ2n) is 7.02. The van der Waals surface area contributed by atoms with E-state index >= 15 is 0 Å². The molecule has 0 amide bonds. The van der Waals surface area contributed by atoms with E-state index < -0.39 is 0 Å². The molecule has 0 radical (unpaired) electrons. The Kier molecular flexibility index (Phi) is 4.76. The Labute approximate surface area is 162 Å². The molecule has 2 heterocycles. The van der Waals surface area contributed by atoms with Gasteiger partial charge in [0.25, 0.3) is 0 Å². The smallest absolute Gasteiger partial charge is 0.171 e. The molecule has 0 saturated carbocycles. The van der Waals surface area contributed by atoms with E-state index in [1.165, 1.54) is 34.7 Å². The number of nitrogens with one attached hydrogen (secondary N) is 3. The van der Waals surface area contributed by atoms with E-state index in [4.69, 9.17) is 12.2 Å². The van der Waals surface area contributed by atoms with Crippen LogP contribution in [0.3, 0.4) is 0 Å². The third kappa shape index (κ3) is 3.77. The van der Waals surface area contributed by atoms with Crippen molar-refractivity contribution >= 4 is 23.4 Å². The van der Waals surface area contributed by atoms with Gasteiger partial charge in [-0.15, -0.1) is 0 Å². The second-order valence-corrected chi connectivity index (χ2v) is 7.42. The summed E-state index contributed by atoms with van der Waals surface area (Å²) in [4.78, 5) is 1.34. The lowest BCUT2D eigenvalue weighted by molar-refractivity contribution is -0.871. The van der Waals surface area contributed by atoms with Crippen molar-refractivity contribution in [2.45, 2.75) is 6.04 Å². The molecule has 2 aliphatic rings. The molecule has 27 heavy (non-hydrogen) atoms. The third-order valence-electron chi connectivity index (χ3n) is 4.90. The van der Waals surface area contributed by atoms with Gasteiger partial charge in [0.15, 0.2) is 5.11 Å². The maximum atomic E-state index is 13.3. The number of halogens is 2. The number of benzene rings is 2. The van der Waals surface area contributed by atoms with Gasteiger partial charge in [-0.2, -0.15) is 0 Å². The first-order chi connectivity index (χ1) is 13.0. The van der Waals surface area contributed by atoms with Gasteiger partial charge in [-0.25, -0.2) is 8.78 Å². The fourth-order valence-electron chi connectivity index (χ4n) is 3.69. The van der Waals surface area contributed by atoms with Gasteiger partial charge in [-0.1, -0.05) is 24.3 Å². The first-order valence-electron chi connectivity index (χ1n) is 8.83. The Balaban J connectivity index is 1.78. The molecule has 0 bridgehead atoms. The predicted molar refractivity (Wildman–Crippen MR) is 106 cm³/mol. The molecular weight excluding hydrogens is 364 g/mol. The zero-order valence-electron chi connectivity index (χ0n) is 14.9. The van der Waals surface area contributed by atoms with E-state index in [-0.39, 0.29) is 17.7 Å². The third-order valence-corrected chi connectivity index (χ3v) is 5.12. The summed E-state index contributed by atoms with van der Waals surface area (Å²) in [6.45, 7) is 1.68. The van der Waals surface area contributed by atoms with Crippen molar-refractivity contribution in [1.29, 1.82) is 0 Å². The lowest BCUT2D eigenvalue weighted by atomic mass is 9.89. The summed E-state index contributed by atoms with van der Waals surface area (Å²) in [7, 11) is 2.14. The minimum Gasteiger partial charge on any atom is -0.352 e. The molecular formula is C21H20F2N3S+. The molecule has 2 aromatic rings. The Morgan fingerprint density at radius 2 is 1.63 bits per heavy atom. The lowest BCUT2D eigenvalue weighted by Gasteiger charge is -2.37. The fraction of sp³-hybridized carbons (Fsp3) is 0.190. The van der Waals surface area contributed by atoms with Gasteiger partial charge in [-0.05, 0) is 53.7 Å². The zero-order chi connectivity index (χ0) is 19.0. The lowest BCUT2D eigenvalue weighted by Crippen LogP contribution is -3.10. The highest BCUT2D eigenvalue weighted by Crippen LogP contribution is 2.30. The molecule has 0 fully saturated rings. The molecule has 0 saturated heterocycles. The van der Waals surface area contributed by atoms with Crippen LogP contribution in [0.25, 0.3) is 6.08 Å². The van der Waals surface area contributed by atoms with E-state index in [0.717, 1.165) is 35.5 Å². The largest absolute Gasteiger partial charge is 0.352 e. The van der Waals surface area contributed by atoms with Crippen LogP contribution >= 0.6 is 12.2 Å². The Morgan fingerprint density at radius 1 is 1.00 bits per heavy atom. The van der Waals surface area contributed by atoms with Crippen molar-refractivity contribution in [2.75, 3.05) is 20.1 Å². The van der Waals surface area contributed by atoms with E-state index in [9.17, 15) is 8.78 Å². The molecule has 4 rings (SSSR count). The number of rotatable bonds is 2. The van der Waals surface area contributed by atoms with E-state index in [1.54, 1.807) is 24.3 Å². The molecule has 3 nitrogen and oxygen atoms in total. The summed E-state index contributed by atoms with van der Waals surface area (Å²) in [5, 5.41) is 7.16. The van der Waals surface area contributed by atoms with E-state index in [1.807, 2.05) is 0 Å². The quantitative estimate of drug-likeness (QED) is 0.695. The number of likely N-dealkylation sites (N-methyl/N-ethyl adjacent to an activating group) is 1. The minimum atomic E-state index is -0.257. The maximum Gasteiger partial charge on any atom is 0.171 e. The van der Waals surface area contributed by atoms with E-state index in [0.29, 0.717) is 5.11 Å². The highest BCUT2D eigenvalue weighted by Gasteiger charge is 2.34. The molecule has 6 heteroatoms.